The van der Waals surface area contributed by atoms with Crippen LogP contribution in [0.4, 0.5) is 0 Å². The van der Waals surface area contributed by atoms with Gasteiger partial charge in [0, 0.05) is 6.54 Å². The molecule has 0 saturated heterocycles. The minimum atomic E-state index is -3.59. The van der Waals surface area contributed by atoms with E-state index in [9.17, 15) is 13.2 Å². The molecule has 0 bridgehead atoms. The Balaban J connectivity index is 2.74. The van der Waals surface area contributed by atoms with E-state index in [1.54, 1.807) is 6.92 Å². The third-order valence-corrected chi connectivity index (χ3v) is 3.48. The van der Waals surface area contributed by atoms with E-state index < -0.39 is 22.6 Å². The summed E-state index contributed by atoms with van der Waals surface area (Å²) >= 11 is 0. The van der Waals surface area contributed by atoms with Gasteiger partial charge in [-0.25, -0.2) is 17.9 Å². The first kappa shape index (κ1) is 15.2. The summed E-state index contributed by atoms with van der Waals surface area (Å²) in [4.78, 5) is 10.4. The van der Waals surface area contributed by atoms with Gasteiger partial charge in [0.1, 0.15) is 5.75 Å². The molecule has 0 saturated carbocycles. The summed E-state index contributed by atoms with van der Waals surface area (Å²) in [5.74, 6) is -0.805. The highest BCUT2D eigenvalue weighted by atomic mass is 32.2. The van der Waals surface area contributed by atoms with Crippen LogP contribution in [-0.2, 0) is 14.8 Å². The molecule has 1 rings (SSSR count). The fourth-order valence-electron chi connectivity index (χ4n) is 1.16. The van der Waals surface area contributed by atoms with Crippen LogP contribution in [-0.4, -0.2) is 32.6 Å². The Labute approximate surface area is 111 Å². The van der Waals surface area contributed by atoms with Gasteiger partial charge in [0.25, 0.3) is 0 Å². The number of carboxylic acids is 1. The number of rotatable bonds is 7. The Kier molecular flexibility index (Phi) is 5.08. The molecular formula is C12H15NO5S. The maximum atomic E-state index is 11.8. The van der Waals surface area contributed by atoms with Crippen molar-refractivity contribution in [1.82, 2.24) is 4.72 Å². The summed E-state index contributed by atoms with van der Waals surface area (Å²) in [7, 11) is -3.59. The smallest absolute Gasteiger partial charge is 0.341 e. The zero-order valence-electron chi connectivity index (χ0n) is 10.4. The van der Waals surface area contributed by atoms with E-state index in [1.165, 1.54) is 24.3 Å². The second-order valence-corrected chi connectivity index (χ2v) is 5.70. The molecule has 0 aliphatic rings. The normalized spacial score (nSPS) is 11.0. The summed E-state index contributed by atoms with van der Waals surface area (Å²) in [6.45, 7) is 5.01. The Morgan fingerprint density at radius 2 is 1.95 bits per heavy atom. The van der Waals surface area contributed by atoms with Crippen LogP contribution in [0.1, 0.15) is 6.92 Å². The van der Waals surface area contributed by atoms with E-state index in [1.807, 2.05) is 0 Å². The Hall–Kier alpha value is -1.86. The van der Waals surface area contributed by atoms with Crippen molar-refractivity contribution < 1.29 is 23.1 Å². The summed E-state index contributed by atoms with van der Waals surface area (Å²) in [6, 6.07) is 5.49. The molecule has 0 amide bonds. The topological polar surface area (TPSA) is 92.7 Å². The van der Waals surface area contributed by atoms with E-state index >= 15 is 0 Å². The summed E-state index contributed by atoms with van der Waals surface area (Å²) in [6.07, 6.45) is 0. The molecule has 7 heteroatoms. The number of aliphatic carboxylic acids is 1. The number of hydrogen-bond acceptors (Lipinski definition) is 4. The standard InChI is InChI=1S/C12H15NO5S/c1-9(2)7-13-19(16,17)11-5-3-10(4-6-11)18-8-12(14)15/h3-6,13H,1,7-8H2,2H3,(H,14,15). The molecule has 0 fully saturated rings. The first-order valence-corrected chi connectivity index (χ1v) is 6.88. The van der Waals surface area contributed by atoms with Gasteiger partial charge in [-0.15, -0.1) is 0 Å². The molecule has 1 aromatic carbocycles. The van der Waals surface area contributed by atoms with Gasteiger partial charge < -0.3 is 9.84 Å². The van der Waals surface area contributed by atoms with Crippen molar-refractivity contribution in [3.8, 4) is 5.75 Å². The zero-order valence-corrected chi connectivity index (χ0v) is 11.2. The first-order valence-electron chi connectivity index (χ1n) is 5.40. The van der Waals surface area contributed by atoms with Crippen LogP contribution in [0.2, 0.25) is 0 Å². The predicted octanol–water partition coefficient (Wildman–Crippen LogP) is 1.00. The van der Waals surface area contributed by atoms with Crippen LogP contribution in [0, 0.1) is 0 Å². The van der Waals surface area contributed by atoms with Gasteiger partial charge in [-0.3, -0.25) is 0 Å². The lowest BCUT2D eigenvalue weighted by Gasteiger charge is -2.07. The van der Waals surface area contributed by atoms with Crippen LogP contribution < -0.4 is 9.46 Å². The molecule has 19 heavy (non-hydrogen) atoms. The van der Waals surface area contributed by atoms with Crippen LogP contribution in [0.15, 0.2) is 41.3 Å². The molecule has 0 unspecified atom stereocenters. The lowest BCUT2D eigenvalue weighted by molar-refractivity contribution is -0.139. The van der Waals surface area contributed by atoms with Gasteiger partial charge in [0.15, 0.2) is 6.61 Å². The number of hydrogen-bond donors (Lipinski definition) is 2. The first-order chi connectivity index (χ1) is 8.81. The largest absolute Gasteiger partial charge is 0.482 e. The molecule has 2 N–H and O–H groups in total. The number of nitrogens with one attached hydrogen (secondary N) is 1. The molecule has 0 spiro atoms. The molecule has 0 aliphatic carbocycles. The van der Waals surface area contributed by atoms with Gasteiger partial charge >= 0.3 is 5.97 Å². The lowest BCUT2D eigenvalue weighted by atomic mass is 10.3. The highest BCUT2D eigenvalue weighted by molar-refractivity contribution is 7.89. The van der Waals surface area contributed by atoms with Gasteiger partial charge in [-0.2, -0.15) is 0 Å². The van der Waals surface area contributed by atoms with Crippen molar-refractivity contribution in [1.29, 1.82) is 0 Å². The van der Waals surface area contributed by atoms with E-state index in [4.69, 9.17) is 9.84 Å². The zero-order chi connectivity index (χ0) is 14.5. The van der Waals surface area contributed by atoms with Gasteiger partial charge in [0.05, 0.1) is 4.90 Å². The van der Waals surface area contributed by atoms with Crippen molar-refractivity contribution >= 4 is 16.0 Å². The molecule has 0 atom stereocenters. The number of sulfonamides is 1. The van der Waals surface area contributed by atoms with E-state index in [2.05, 4.69) is 11.3 Å². The fraction of sp³-hybridized carbons (Fsp3) is 0.250. The highest BCUT2D eigenvalue weighted by Gasteiger charge is 2.13. The van der Waals surface area contributed by atoms with Crippen LogP contribution in [0.25, 0.3) is 0 Å². The molecule has 0 aromatic heterocycles. The Bertz CT molecular complexity index is 562. The van der Waals surface area contributed by atoms with Crippen LogP contribution in [0.5, 0.6) is 5.75 Å². The van der Waals surface area contributed by atoms with Gasteiger partial charge in [-0.1, -0.05) is 12.2 Å². The molecule has 0 aliphatic heterocycles. The van der Waals surface area contributed by atoms with Crippen LogP contribution >= 0.6 is 0 Å². The Morgan fingerprint density at radius 3 is 2.42 bits per heavy atom. The maximum Gasteiger partial charge on any atom is 0.341 e. The second kappa shape index (κ2) is 6.35. The molecule has 104 valence electrons. The minimum absolute atomic E-state index is 0.0800. The maximum absolute atomic E-state index is 11.8. The van der Waals surface area contributed by atoms with Crippen molar-refractivity contribution in [3.63, 3.8) is 0 Å². The monoisotopic (exact) mass is 285 g/mol. The van der Waals surface area contributed by atoms with Crippen molar-refractivity contribution in [3.05, 3.63) is 36.4 Å². The average Bonchev–Trinajstić information content (AvgIpc) is 2.34. The summed E-state index contributed by atoms with van der Waals surface area (Å²) in [5.41, 5.74) is 0.699. The van der Waals surface area contributed by atoms with E-state index in [-0.39, 0.29) is 11.4 Å². The fourth-order valence-corrected chi connectivity index (χ4v) is 2.26. The van der Waals surface area contributed by atoms with Gasteiger partial charge in [-0.05, 0) is 31.2 Å². The molecular weight excluding hydrogens is 270 g/mol. The minimum Gasteiger partial charge on any atom is -0.482 e. The molecule has 6 nitrogen and oxygen atoms in total. The average molecular weight is 285 g/mol. The molecule has 0 radical (unpaired) electrons. The predicted molar refractivity (Wildman–Crippen MR) is 69.6 cm³/mol. The number of carboxylic acid groups (broad SMARTS) is 1. The number of carbonyl (C=O) groups is 1. The van der Waals surface area contributed by atoms with E-state index in [0.717, 1.165) is 0 Å². The highest BCUT2D eigenvalue weighted by Crippen LogP contribution is 2.15. The van der Waals surface area contributed by atoms with Gasteiger partial charge in [0.2, 0.25) is 10.0 Å². The summed E-state index contributed by atoms with van der Waals surface area (Å²) < 4.78 is 30.9. The van der Waals surface area contributed by atoms with Crippen LogP contribution in [0.3, 0.4) is 0 Å². The third-order valence-electron chi connectivity index (χ3n) is 2.06. The van der Waals surface area contributed by atoms with Crippen molar-refractivity contribution in [2.45, 2.75) is 11.8 Å². The molecule has 1 aromatic rings. The Morgan fingerprint density at radius 1 is 1.37 bits per heavy atom. The van der Waals surface area contributed by atoms with E-state index in [0.29, 0.717) is 11.3 Å². The second-order valence-electron chi connectivity index (χ2n) is 3.94. The van der Waals surface area contributed by atoms with Crippen molar-refractivity contribution in [2.75, 3.05) is 13.2 Å². The number of benzene rings is 1. The third kappa shape index (κ3) is 5.11. The quantitative estimate of drug-likeness (QED) is 0.729. The molecule has 0 heterocycles. The summed E-state index contributed by atoms with van der Waals surface area (Å²) in [5, 5.41) is 8.44. The SMILES string of the molecule is C=C(C)CNS(=O)(=O)c1ccc(OCC(=O)O)cc1. The van der Waals surface area contributed by atoms with Crippen molar-refractivity contribution in [2.24, 2.45) is 0 Å². The number of ether oxygens (including phenoxy) is 1. The lowest BCUT2D eigenvalue weighted by Crippen LogP contribution is -2.25.